The second-order valence-electron chi connectivity index (χ2n) is 9.05. The zero-order valence-electron chi connectivity index (χ0n) is 18.4. The zero-order valence-corrected chi connectivity index (χ0v) is 19.1. The van der Waals surface area contributed by atoms with Crippen LogP contribution in [0.25, 0.3) is 11.3 Å². The van der Waals surface area contributed by atoms with Crippen LogP contribution >= 0.6 is 11.6 Å². The van der Waals surface area contributed by atoms with Crippen LogP contribution in [0.1, 0.15) is 43.6 Å². The number of halogens is 1. The van der Waals surface area contributed by atoms with Crippen molar-refractivity contribution in [2.24, 2.45) is 5.92 Å². The molecule has 2 saturated heterocycles. The lowest BCUT2D eigenvalue weighted by Gasteiger charge is -2.25. The monoisotopic (exact) mass is 469 g/mol. The van der Waals surface area contributed by atoms with Gasteiger partial charge in [-0.1, -0.05) is 29.4 Å². The van der Waals surface area contributed by atoms with E-state index in [1.807, 2.05) is 13.8 Å². The fourth-order valence-electron chi connectivity index (χ4n) is 4.64. The predicted octanol–water partition coefficient (Wildman–Crippen LogP) is 4.91. The third kappa shape index (κ3) is 4.11. The van der Waals surface area contributed by atoms with Crippen molar-refractivity contribution in [3.05, 3.63) is 64.8 Å². The molecule has 3 aliphatic rings. The van der Waals surface area contributed by atoms with Crippen LogP contribution in [-0.4, -0.2) is 41.0 Å². The molecule has 0 saturated carbocycles. The summed E-state index contributed by atoms with van der Waals surface area (Å²) in [6, 6.07) is 8.56. The first-order chi connectivity index (χ1) is 15.7. The Morgan fingerprint density at radius 2 is 2.06 bits per heavy atom. The summed E-state index contributed by atoms with van der Waals surface area (Å²) >= 11 is 5.93. The van der Waals surface area contributed by atoms with Crippen LogP contribution < -0.4 is 0 Å². The van der Waals surface area contributed by atoms with Crippen LogP contribution in [0.15, 0.2) is 58.7 Å². The Morgan fingerprint density at radius 1 is 1.30 bits per heavy atom. The van der Waals surface area contributed by atoms with E-state index in [1.165, 1.54) is 6.07 Å². The van der Waals surface area contributed by atoms with E-state index < -0.39 is 24.1 Å². The highest BCUT2D eigenvalue weighted by Gasteiger charge is 2.62. The van der Waals surface area contributed by atoms with Crippen molar-refractivity contribution >= 4 is 23.5 Å². The van der Waals surface area contributed by atoms with E-state index in [4.69, 9.17) is 30.3 Å². The summed E-state index contributed by atoms with van der Waals surface area (Å²) in [5.41, 5.74) is 1.79. The minimum Gasteiger partial charge on any atom is -0.455 e. The molecule has 2 fully saturated rings. The van der Waals surface area contributed by atoms with Gasteiger partial charge in [-0.05, 0) is 62.9 Å². The summed E-state index contributed by atoms with van der Waals surface area (Å²) in [6.45, 7) is 7.89. The predicted molar refractivity (Wildman–Crippen MR) is 120 cm³/mol. The molecule has 2 aliphatic heterocycles. The van der Waals surface area contributed by atoms with Crippen molar-refractivity contribution in [1.29, 1.82) is 0 Å². The summed E-state index contributed by atoms with van der Waals surface area (Å²) in [6.07, 6.45) is 2.83. The molecule has 1 aliphatic carbocycles. The lowest BCUT2D eigenvalue weighted by Crippen LogP contribution is -2.33. The Bertz CT molecular complexity index is 1150. The summed E-state index contributed by atoms with van der Waals surface area (Å²) in [5, 5.41) is 4.48. The van der Waals surface area contributed by atoms with Gasteiger partial charge in [0.25, 0.3) is 0 Å². The standard InChI is InChI=1S/C25H24ClNO6/c1-13-5-4-10-25(3)22(32-25)21-17(14(2)23(28)31-21)11-19(13)30-24(29)18-12-20(33-27-18)15-6-8-16(26)9-7-15/h5-9,12,17,19,21-22H,2,4,10-11H2,1,3H3/t17-,19-,21-,22+,25+/m0/s1. The van der Waals surface area contributed by atoms with Crippen molar-refractivity contribution in [3.8, 4) is 11.3 Å². The number of allylic oxidation sites excluding steroid dienone is 1. The molecular weight excluding hydrogens is 446 g/mol. The first-order valence-corrected chi connectivity index (χ1v) is 11.3. The van der Waals surface area contributed by atoms with Gasteiger partial charge in [0.15, 0.2) is 11.5 Å². The minimum atomic E-state index is -0.603. The molecule has 0 amide bonds. The maximum absolute atomic E-state index is 12.9. The van der Waals surface area contributed by atoms with E-state index in [2.05, 4.69) is 17.8 Å². The van der Waals surface area contributed by atoms with E-state index in [-0.39, 0.29) is 23.3 Å². The number of aromatic nitrogens is 1. The Labute approximate surface area is 196 Å². The number of fused-ring (bicyclic) bond motifs is 3. The number of esters is 2. The largest absolute Gasteiger partial charge is 0.455 e. The Hall–Kier alpha value is -2.90. The molecular formula is C25H24ClNO6. The number of benzene rings is 1. The highest BCUT2D eigenvalue weighted by molar-refractivity contribution is 6.30. The van der Waals surface area contributed by atoms with Crippen LogP contribution in [0.2, 0.25) is 5.02 Å². The number of epoxide rings is 1. The van der Waals surface area contributed by atoms with Crippen molar-refractivity contribution < 1.29 is 28.3 Å². The molecule has 1 aromatic carbocycles. The molecule has 0 spiro atoms. The van der Waals surface area contributed by atoms with Gasteiger partial charge in [0.2, 0.25) is 0 Å². The molecule has 0 unspecified atom stereocenters. The highest BCUT2D eigenvalue weighted by atomic mass is 35.5. The average molecular weight is 470 g/mol. The van der Waals surface area contributed by atoms with E-state index >= 15 is 0 Å². The van der Waals surface area contributed by atoms with Gasteiger partial charge < -0.3 is 18.7 Å². The second-order valence-corrected chi connectivity index (χ2v) is 9.49. The fourth-order valence-corrected chi connectivity index (χ4v) is 4.76. The van der Waals surface area contributed by atoms with Gasteiger partial charge in [0.1, 0.15) is 18.3 Å². The minimum absolute atomic E-state index is 0.0667. The molecule has 3 heterocycles. The van der Waals surface area contributed by atoms with E-state index in [1.54, 1.807) is 24.3 Å². The molecule has 33 heavy (non-hydrogen) atoms. The van der Waals surface area contributed by atoms with Gasteiger partial charge >= 0.3 is 11.9 Å². The number of nitrogens with zero attached hydrogens (tertiary/aromatic N) is 1. The summed E-state index contributed by atoms with van der Waals surface area (Å²) in [4.78, 5) is 25.2. The average Bonchev–Trinajstić information content (AvgIpc) is 3.09. The highest BCUT2D eigenvalue weighted by Crippen LogP contribution is 2.50. The van der Waals surface area contributed by atoms with E-state index in [9.17, 15) is 9.59 Å². The lowest BCUT2D eigenvalue weighted by molar-refractivity contribution is -0.140. The van der Waals surface area contributed by atoms with Gasteiger partial charge in [-0.2, -0.15) is 0 Å². The SMILES string of the molecule is C=C1C(=O)O[C@@H]2[C@H]3O[C@]3(C)CCC=C(C)[C@@H](OC(=O)c3cc(-c4ccc(Cl)cc4)on3)C[C@@H]12. The van der Waals surface area contributed by atoms with Crippen molar-refractivity contribution in [1.82, 2.24) is 5.16 Å². The van der Waals surface area contributed by atoms with Gasteiger partial charge in [0.05, 0.1) is 5.60 Å². The quantitative estimate of drug-likeness (QED) is 0.273. The molecule has 0 bridgehead atoms. The van der Waals surface area contributed by atoms with Crippen LogP contribution in [0.4, 0.5) is 0 Å². The summed E-state index contributed by atoms with van der Waals surface area (Å²) in [5.74, 6) is -0.887. The normalized spacial score (nSPS) is 31.2. The van der Waals surface area contributed by atoms with E-state index in [0.717, 1.165) is 24.0 Å². The molecule has 172 valence electrons. The molecule has 7 nitrogen and oxygen atoms in total. The first-order valence-electron chi connectivity index (χ1n) is 10.9. The number of carbonyl (C=O) groups is 2. The molecule has 5 rings (SSSR count). The number of hydrogen-bond acceptors (Lipinski definition) is 7. The molecule has 0 N–H and O–H groups in total. The van der Waals surface area contributed by atoms with Gasteiger partial charge in [-0.3, -0.25) is 0 Å². The van der Waals surface area contributed by atoms with Crippen LogP contribution in [0.5, 0.6) is 0 Å². The van der Waals surface area contributed by atoms with Gasteiger partial charge in [-0.25, -0.2) is 9.59 Å². The summed E-state index contributed by atoms with van der Waals surface area (Å²) < 4.78 is 22.7. The number of hydrogen-bond donors (Lipinski definition) is 0. The molecule has 5 atom stereocenters. The number of ether oxygens (including phenoxy) is 3. The fraction of sp³-hybridized carbons (Fsp3) is 0.400. The van der Waals surface area contributed by atoms with Crippen LogP contribution in [0, 0.1) is 5.92 Å². The Morgan fingerprint density at radius 3 is 2.82 bits per heavy atom. The van der Waals surface area contributed by atoms with Crippen LogP contribution in [-0.2, 0) is 19.0 Å². The Kier molecular flexibility index (Phi) is 5.41. The van der Waals surface area contributed by atoms with Gasteiger partial charge in [-0.15, -0.1) is 0 Å². The molecule has 2 aromatic rings. The number of rotatable bonds is 3. The first kappa shape index (κ1) is 21.9. The van der Waals surface area contributed by atoms with Crippen molar-refractivity contribution in [2.75, 3.05) is 0 Å². The summed E-state index contributed by atoms with van der Waals surface area (Å²) in [7, 11) is 0. The molecule has 1 aromatic heterocycles. The Balaban J connectivity index is 1.37. The third-order valence-corrected chi connectivity index (χ3v) is 7.02. The number of carbonyl (C=O) groups excluding carboxylic acids is 2. The smallest absolute Gasteiger partial charge is 0.361 e. The molecule has 0 radical (unpaired) electrons. The van der Waals surface area contributed by atoms with Crippen LogP contribution in [0.3, 0.4) is 0 Å². The maximum atomic E-state index is 12.9. The zero-order chi connectivity index (χ0) is 23.3. The maximum Gasteiger partial charge on any atom is 0.361 e. The topological polar surface area (TPSA) is 91.2 Å². The molecule has 8 heteroatoms. The van der Waals surface area contributed by atoms with Gasteiger partial charge in [0, 0.05) is 28.1 Å². The lowest BCUT2D eigenvalue weighted by atomic mass is 9.83. The van der Waals surface area contributed by atoms with E-state index in [0.29, 0.717) is 22.8 Å². The second kappa shape index (κ2) is 8.15. The van der Waals surface area contributed by atoms with Crippen molar-refractivity contribution in [2.45, 2.75) is 57.0 Å². The van der Waals surface area contributed by atoms with Crippen molar-refractivity contribution in [3.63, 3.8) is 0 Å². The third-order valence-electron chi connectivity index (χ3n) is 6.77.